The molecule has 126 valence electrons. The Morgan fingerprint density at radius 2 is 2.13 bits per heavy atom. The number of aryl methyl sites for hydroxylation is 2. The number of rotatable bonds is 4. The van der Waals surface area contributed by atoms with Gasteiger partial charge in [-0.15, -0.1) is 0 Å². The van der Waals surface area contributed by atoms with Crippen LogP contribution in [-0.2, 0) is 11.2 Å². The first-order valence-electron chi connectivity index (χ1n) is 8.38. The molecular weight excluding hydrogens is 294 g/mol. The van der Waals surface area contributed by atoms with E-state index in [4.69, 9.17) is 0 Å². The van der Waals surface area contributed by atoms with E-state index < -0.39 is 5.60 Å². The zero-order valence-electron chi connectivity index (χ0n) is 14.1. The number of hydrogen-bond acceptors (Lipinski definition) is 4. The Balaban J connectivity index is 1.63. The lowest BCUT2D eigenvalue weighted by atomic mass is 9.88. The zero-order chi connectivity index (χ0) is 16.8. The predicted molar refractivity (Wildman–Crippen MR) is 86.1 cm³/mol. The highest BCUT2D eigenvalue weighted by molar-refractivity contribution is 5.77. The molecule has 0 bridgehead atoms. The molecule has 1 aliphatic heterocycles. The van der Waals surface area contributed by atoms with Gasteiger partial charge in [0.2, 0.25) is 5.91 Å². The molecule has 0 aromatic carbocycles. The van der Waals surface area contributed by atoms with E-state index in [1.54, 1.807) is 11.8 Å². The minimum Gasteiger partial charge on any atom is -0.387 e. The van der Waals surface area contributed by atoms with Crippen LogP contribution in [0.4, 0.5) is 0 Å². The van der Waals surface area contributed by atoms with Gasteiger partial charge in [-0.2, -0.15) is 4.98 Å². The molecule has 0 spiro atoms. The number of likely N-dealkylation sites (tertiary alicyclic amines) is 1. The van der Waals surface area contributed by atoms with Crippen LogP contribution in [0.15, 0.2) is 4.79 Å². The summed E-state index contributed by atoms with van der Waals surface area (Å²) in [5.41, 5.74) is 1.35. The summed E-state index contributed by atoms with van der Waals surface area (Å²) in [6.07, 6.45) is 3.09. The van der Waals surface area contributed by atoms with Crippen molar-refractivity contribution in [2.75, 3.05) is 13.1 Å². The number of hydrogen-bond donors (Lipinski definition) is 2. The minimum absolute atomic E-state index is 0.0680. The van der Waals surface area contributed by atoms with Gasteiger partial charge in [0.05, 0.1) is 5.60 Å². The van der Waals surface area contributed by atoms with Crippen LogP contribution in [0.3, 0.4) is 0 Å². The van der Waals surface area contributed by atoms with Crippen LogP contribution in [0.2, 0.25) is 0 Å². The lowest BCUT2D eigenvalue weighted by Crippen LogP contribution is -2.40. The number of aliphatic hydroxyl groups is 1. The number of aromatic amines is 1. The number of carbonyl (C=O) groups is 1. The molecule has 2 atom stereocenters. The van der Waals surface area contributed by atoms with Gasteiger partial charge in [-0.3, -0.25) is 4.79 Å². The van der Waals surface area contributed by atoms with Gasteiger partial charge < -0.3 is 15.0 Å². The van der Waals surface area contributed by atoms with Crippen molar-refractivity contribution in [3.8, 4) is 0 Å². The van der Waals surface area contributed by atoms with Gasteiger partial charge in [0, 0.05) is 36.8 Å². The third kappa shape index (κ3) is 3.04. The molecule has 6 nitrogen and oxygen atoms in total. The van der Waals surface area contributed by atoms with Gasteiger partial charge in [0.1, 0.15) is 0 Å². The van der Waals surface area contributed by atoms with Crippen molar-refractivity contribution in [3.63, 3.8) is 0 Å². The molecule has 1 saturated carbocycles. The summed E-state index contributed by atoms with van der Waals surface area (Å²) in [7, 11) is 0. The van der Waals surface area contributed by atoms with E-state index in [1.807, 2.05) is 13.8 Å². The summed E-state index contributed by atoms with van der Waals surface area (Å²) < 4.78 is 0. The highest BCUT2D eigenvalue weighted by Crippen LogP contribution is 2.47. The zero-order valence-corrected chi connectivity index (χ0v) is 14.1. The average molecular weight is 319 g/mol. The first kappa shape index (κ1) is 16.2. The second-order valence-corrected chi connectivity index (χ2v) is 7.17. The van der Waals surface area contributed by atoms with E-state index in [1.165, 1.54) is 0 Å². The Hall–Kier alpha value is -1.69. The highest BCUT2D eigenvalue weighted by Gasteiger charge is 2.53. The van der Waals surface area contributed by atoms with E-state index in [9.17, 15) is 14.7 Å². The molecule has 0 unspecified atom stereocenters. The van der Waals surface area contributed by atoms with Crippen LogP contribution in [0.25, 0.3) is 0 Å². The summed E-state index contributed by atoms with van der Waals surface area (Å²) in [5, 5.41) is 10.8. The third-order valence-corrected chi connectivity index (χ3v) is 5.47. The van der Waals surface area contributed by atoms with E-state index in [-0.39, 0.29) is 17.5 Å². The second kappa shape index (κ2) is 5.74. The van der Waals surface area contributed by atoms with Crippen LogP contribution in [0.5, 0.6) is 0 Å². The van der Waals surface area contributed by atoms with Gasteiger partial charge in [-0.05, 0) is 44.6 Å². The molecule has 1 aromatic heterocycles. The third-order valence-electron chi connectivity index (χ3n) is 5.47. The van der Waals surface area contributed by atoms with Crippen LogP contribution in [-0.4, -0.2) is 44.6 Å². The van der Waals surface area contributed by atoms with E-state index in [2.05, 4.69) is 9.97 Å². The Morgan fingerprint density at radius 3 is 2.74 bits per heavy atom. The lowest BCUT2D eigenvalue weighted by molar-refractivity contribution is -0.131. The topological polar surface area (TPSA) is 86.3 Å². The fraction of sp³-hybridized carbons (Fsp3) is 0.706. The molecule has 6 heteroatoms. The Morgan fingerprint density at radius 1 is 1.43 bits per heavy atom. The largest absolute Gasteiger partial charge is 0.387 e. The Bertz CT molecular complexity index is 654. The van der Waals surface area contributed by atoms with Crippen molar-refractivity contribution in [2.24, 2.45) is 11.8 Å². The molecule has 0 radical (unpaired) electrons. The maximum Gasteiger partial charge on any atom is 0.345 e. The van der Waals surface area contributed by atoms with Crippen molar-refractivity contribution in [2.45, 2.75) is 52.1 Å². The lowest BCUT2D eigenvalue weighted by Gasteiger charge is -2.26. The van der Waals surface area contributed by atoms with Crippen LogP contribution >= 0.6 is 0 Å². The fourth-order valence-corrected chi connectivity index (χ4v) is 3.83. The smallest absolute Gasteiger partial charge is 0.345 e. The van der Waals surface area contributed by atoms with Gasteiger partial charge >= 0.3 is 5.69 Å². The van der Waals surface area contributed by atoms with E-state index in [0.717, 1.165) is 24.1 Å². The van der Waals surface area contributed by atoms with Crippen molar-refractivity contribution in [1.29, 1.82) is 0 Å². The van der Waals surface area contributed by atoms with Crippen LogP contribution in [0, 0.1) is 25.7 Å². The van der Waals surface area contributed by atoms with Gasteiger partial charge in [0.25, 0.3) is 0 Å². The Kier molecular flexibility index (Phi) is 4.04. The molecular formula is C17H25N3O3. The fourth-order valence-electron chi connectivity index (χ4n) is 3.83. The van der Waals surface area contributed by atoms with Crippen LogP contribution in [0.1, 0.15) is 43.1 Å². The summed E-state index contributed by atoms with van der Waals surface area (Å²) >= 11 is 0. The summed E-state index contributed by atoms with van der Waals surface area (Å²) in [5.74, 6) is 0.568. The summed E-state index contributed by atoms with van der Waals surface area (Å²) in [6, 6.07) is 0. The monoisotopic (exact) mass is 319 g/mol. The molecule has 1 aromatic rings. The molecule has 2 heterocycles. The van der Waals surface area contributed by atoms with E-state index >= 15 is 0 Å². The van der Waals surface area contributed by atoms with Crippen molar-refractivity contribution in [3.05, 3.63) is 27.4 Å². The quantitative estimate of drug-likeness (QED) is 0.865. The maximum atomic E-state index is 12.5. The maximum absolute atomic E-state index is 12.5. The normalized spacial score (nSPS) is 27.5. The number of nitrogens with zero attached hydrogens (tertiary/aromatic N) is 2. The standard InChI is InChI=1S/C17H25N3O3/c1-10-8-20(9-17(10,23)13-4-5-13)15(21)7-6-14-11(2)18-16(22)19-12(14)3/h10,13,23H,4-9H2,1-3H3,(H,18,19,22)/t10-,17+/m1/s1. The molecule has 2 aliphatic rings. The van der Waals surface area contributed by atoms with Gasteiger partial charge in [-0.25, -0.2) is 4.79 Å². The van der Waals surface area contributed by atoms with Crippen LogP contribution < -0.4 is 5.69 Å². The van der Waals surface area contributed by atoms with Crippen molar-refractivity contribution >= 4 is 5.91 Å². The molecule has 2 N–H and O–H groups in total. The summed E-state index contributed by atoms with van der Waals surface area (Å²) in [6.45, 7) is 6.75. The SMILES string of the molecule is Cc1nc(=O)[nH]c(C)c1CCC(=O)N1C[C@@H](C)[C@](O)(C2CC2)C1. The molecule has 3 rings (SSSR count). The van der Waals surface area contributed by atoms with Gasteiger partial charge in [-0.1, -0.05) is 6.92 Å². The number of carbonyl (C=O) groups excluding carboxylic acids is 1. The number of H-pyrrole nitrogens is 1. The number of nitrogens with one attached hydrogen (secondary N) is 1. The average Bonchev–Trinajstić information content (AvgIpc) is 3.25. The molecule has 1 amide bonds. The summed E-state index contributed by atoms with van der Waals surface area (Å²) in [4.78, 5) is 32.2. The van der Waals surface area contributed by atoms with Crippen molar-refractivity contribution < 1.29 is 9.90 Å². The highest BCUT2D eigenvalue weighted by atomic mass is 16.3. The number of β-amino-alcohol motifs (C(OH)–C–C–N with tert-alkyl or cyclic N) is 1. The predicted octanol–water partition coefficient (Wildman–Crippen LogP) is 0.939. The molecule has 1 saturated heterocycles. The number of amides is 1. The minimum atomic E-state index is -0.693. The molecule has 23 heavy (non-hydrogen) atoms. The second-order valence-electron chi connectivity index (χ2n) is 7.17. The Labute approximate surface area is 135 Å². The number of aromatic nitrogens is 2. The first-order chi connectivity index (χ1) is 10.8. The van der Waals surface area contributed by atoms with E-state index in [0.29, 0.717) is 37.5 Å². The van der Waals surface area contributed by atoms with Crippen molar-refractivity contribution in [1.82, 2.24) is 14.9 Å². The molecule has 2 fully saturated rings. The van der Waals surface area contributed by atoms with Gasteiger partial charge in [0.15, 0.2) is 0 Å². The first-order valence-corrected chi connectivity index (χ1v) is 8.38. The molecule has 1 aliphatic carbocycles.